The second-order valence-electron chi connectivity index (χ2n) is 7.46. The van der Waals surface area contributed by atoms with Crippen LogP contribution in [-0.4, -0.2) is 22.3 Å². The van der Waals surface area contributed by atoms with E-state index in [2.05, 4.69) is 109 Å². The van der Waals surface area contributed by atoms with Crippen LogP contribution in [0.15, 0.2) is 78.9 Å². The van der Waals surface area contributed by atoms with E-state index in [0.717, 1.165) is 6.42 Å². The van der Waals surface area contributed by atoms with Crippen LogP contribution in [0.2, 0.25) is 0 Å². The lowest BCUT2D eigenvalue weighted by Gasteiger charge is -2.14. The lowest BCUT2D eigenvalue weighted by atomic mass is 9.81. The standard InChI is InChI=1S/C24H25N2/c1-24(2)20-13-8-10-15-22(20)26(3)23(24)16-6-4-5-12-19-17-18-11-7-9-14-21(18)25-19/h4-11,13-17,25H,12H2,1-3H3/q+1. The third kappa shape index (κ3) is 2.82. The number of rotatable bonds is 4. The number of aromatic amines is 1. The fourth-order valence-electron chi connectivity index (χ4n) is 3.97. The Bertz CT molecular complexity index is 1010. The van der Waals surface area contributed by atoms with Crippen LogP contribution < -0.4 is 0 Å². The second-order valence-corrected chi connectivity index (χ2v) is 7.46. The van der Waals surface area contributed by atoms with Crippen LogP contribution in [0.4, 0.5) is 5.69 Å². The van der Waals surface area contributed by atoms with E-state index in [1.165, 1.54) is 33.6 Å². The van der Waals surface area contributed by atoms with Gasteiger partial charge in [-0.05, 0) is 31.4 Å². The number of hydrogen-bond acceptors (Lipinski definition) is 0. The lowest BCUT2D eigenvalue weighted by Crippen LogP contribution is -2.26. The molecule has 1 aromatic heterocycles. The largest absolute Gasteiger partial charge is 0.358 e. The minimum absolute atomic E-state index is 0.0346. The summed E-state index contributed by atoms with van der Waals surface area (Å²) in [6.45, 7) is 4.59. The molecule has 0 atom stereocenters. The molecular weight excluding hydrogens is 316 g/mol. The molecule has 0 saturated heterocycles. The zero-order chi connectivity index (χ0) is 18.1. The van der Waals surface area contributed by atoms with Crippen LogP contribution in [0, 0.1) is 0 Å². The summed E-state index contributed by atoms with van der Waals surface area (Å²) < 4.78 is 2.30. The first kappa shape index (κ1) is 16.6. The smallest absolute Gasteiger partial charge is 0.209 e. The molecule has 1 aliphatic rings. The van der Waals surface area contributed by atoms with Gasteiger partial charge in [0.05, 0.1) is 5.41 Å². The normalized spacial score (nSPS) is 16.3. The molecule has 1 aliphatic heterocycles. The minimum atomic E-state index is 0.0346. The van der Waals surface area contributed by atoms with Crippen molar-refractivity contribution in [2.45, 2.75) is 25.7 Å². The monoisotopic (exact) mass is 341 g/mol. The second kappa shape index (κ2) is 6.45. The Balaban J connectivity index is 1.48. The van der Waals surface area contributed by atoms with E-state index in [-0.39, 0.29) is 5.41 Å². The van der Waals surface area contributed by atoms with Gasteiger partial charge in [-0.15, -0.1) is 0 Å². The number of aromatic nitrogens is 1. The number of benzene rings is 2. The van der Waals surface area contributed by atoms with Crippen LogP contribution in [-0.2, 0) is 11.8 Å². The third-order valence-electron chi connectivity index (χ3n) is 5.37. The molecule has 0 bridgehead atoms. The average Bonchev–Trinajstić information content (AvgIpc) is 3.14. The highest BCUT2D eigenvalue weighted by Gasteiger charge is 2.42. The Morgan fingerprint density at radius 2 is 1.77 bits per heavy atom. The van der Waals surface area contributed by atoms with Crippen molar-refractivity contribution in [3.8, 4) is 0 Å². The van der Waals surface area contributed by atoms with E-state index < -0.39 is 0 Å². The van der Waals surface area contributed by atoms with Gasteiger partial charge in [-0.3, -0.25) is 0 Å². The molecule has 26 heavy (non-hydrogen) atoms. The number of H-pyrrole nitrogens is 1. The Kier molecular flexibility index (Phi) is 4.12. The molecule has 3 aromatic rings. The van der Waals surface area contributed by atoms with Gasteiger partial charge in [0, 0.05) is 35.3 Å². The van der Waals surface area contributed by atoms with E-state index in [9.17, 15) is 0 Å². The quantitative estimate of drug-likeness (QED) is 0.475. The van der Waals surface area contributed by atoms with Crippen LogP contribution in [0.3, 0.4) is 0 Å². The predicted octanol–water partition coefficient (Wildman–Crippen LogP) is 5.53. The molecular formula is C24H25N2+. The molecule has 0 amide bonds. The number of hydrogen-bond donors (Lipinski definition) is 1. The molecule has 130 valence electrons. The van der Waals surface area contributed by atoms with Crippen molar-refractivity contribution >= 4 is 22.3 Å². The van der Waals surface area contributed by atoms with E-state index in [1.54, 1.807) is 0 Å². The maximum absolute atomic E-state index is 3.47. The van der Waals surface area contributed by atoms with Crippen molar-refractivity contribution in [2.75, 3.05) is 7.05 Å². The van der Waals surface area contributed by atoms with Gasteiger partial charge in [-0.25, -0.2) is 0 Å². The number of nitrogens with zero attached hydrogens (tertiary/aromatic N) is 1. The van der Waals surface area contributed by atoms with Crippen molar-refractivity contribution < 1.29 is 4.58 Å². The molecule has 0 aliphatic carbocycles. The number of para-hydroxylation sites is 2. The molecule has 0 unspecified atom stereocenters. The van der Waals surface area contributed by atoms with Gasteiger partial charge in [-0.1, -0.05) is 54.6 Å². The van der Waals surface area contributed by atoms with Gasteiger partial charge in [0.1, 0.15) is 7.05 Å². The first-order valence-electron chi connectivity index (χ1n) is 9.18. The molecule has 2 heterocycles. The maximum atomic E-state index is 3.47. The molecule has 0 spiro atoms. The van der Waals surface area contributed by atoms with E-state index in [1.807, 2.05) is 0 Å². The van der Waals surface area contributed by atoms with Crippen molar-refractivity contribution in [3.05, 3.63) is 90.2 Å². The zero-order valence-electron chi connectivity index (χ0n) is 15.7. The molecule has 0 saturated carbocycles. The van der Waals surface area contributed by atoms with Crippen molar-refractivity contribution in [1.29, 1.82) is 0 Å². The van der Waals surface area contributed by atoms with E-state index >= 15 is 0 Å². The SMILES string of the molecule is C[N+]1=C(C=CC=CCc2cc3ccccc3[nH]2)C(C)(C)c2ccccc21. The highest BCUT2D eigenvalue weighted by atomic mass is 15.0. The predicted molar refractivity (Wildman–Crippen MR) is 111 cm³/mol. The van der Waals surface area contributed by atoms with Crippen molar-refractivity contribution in [3.63, 3.8) is 0 Å². The summed E-state index contributed by atoms with van der Waals surface area (Å²) in [4.78, 5) is 3.47. The van der Waals surface area contributed by atoms with Gasteiger partial charge in [0.2, 0.25) is 5.69 Å². The number of allylic oxidation sites excluding steroid dienone is 4. The Hall–Kier alpha value is -2.87. The summed E-state index contributed by atoms with van der Waals surface area (Å²) in [7, 11) is 2.15. The van der Waals surface area contributed by atoms with Crippen molar-refractivity contribution in [1.82, 2.24) is 4.98 Å². The van der Waals surface area contributed by atoms with Crippen molar-refractivity contribution in [2.24, 2.45) is 0 Å². The Morgan fingerprint density at radius 1 is 1.00 bits per heavy atom. The molecule has 2 nitrogen and oxygen atoms in total. The third-order valence-corrected chi connectivity index (χ3v) is 5.37. The van der Waals surface area contributed by atoms with Crippen LogP contribution in [0.1, 0.15) is 25.1 Å². The summed E-state index contributed by atoms with van der Waals surface area (Å²) in [5.41, 5.74) is 6.51. The zero-order valence-corrected chi connectivity index (χ0v) is 15.7. The molecule has 1 N–H and O–H groups in total. The summed E-state index contributed by atoms with van der Waals surface area (Å²) in [5.74, 6) is 0. The molecule has 2 aromatic carbocycles. The van der Waals surface area contributed by atoms with Gasteiger partial charge in [0.25, 0.3) is 0 Å². The highest BCUT2D eigenvalue weighted by Crippen LogP contribution is 2.38. The first-order chi connectivity index (χ1) is 12.6. The van der Waals surface area contributed by atoms with Gasteiger partial charge < -0.3 is 4.98 Å². The molecule has 4 rings (SSSR count). The first-order valence-corrected chi connectivity index (χ1v) is 9.18. The van der Waals surface area contributed by atoms with Crippen LogP contribution in [0.5, 0.6) is 0 Å². The highest BCUT2D eigenvalue weighted by molar-refractivity contribution is 6.03. The Labute approximate surface area is 155 Å². The summed E-state index contributed by atoms with van der Waals surface area (Å²) in [6.07, 6.45) is 9.65. The number of nitrogens with one attached hydrogen (secondary N) is 1. The molecule has 2 heteroatoms. The summed E-state index contributed by atoms with van der Waals surface area (Å²) >= 11 is 0. The van der Waals surface area contributed by atoms with Gasteiger partial charge in [0.15, 0.2) is 5.71 Å². The summed E-state index contributed by atoms with van der Waals surface area (Å²) in [6, 6.07) is 19.3. The van der Waals surface area contributed by atoms with Gasteiger partial charge >= 0.3 is 0 Å². The molecule has 0 radical (unpaired) electrons. The number of fused-ring (bicyclic) bond motifs is 2. The fourth-order valence-corrected chi connectivity index (χ4v) is 3.97. The minimum Gasteiger partial charge on any atom is -0.358 e. The van der Waals surface area contributed by atoms with E-state index in [0.29, 0.717) is 0 Å². The topological polar surface area (TPSA) is 18.8 Å². The average molecular weight is 341 g/mol. The maximum Gasteiger partial charge on any atom is 0.209 e. The lowest BCUT2D eigenvalue weighted by molar-refractivity contribution is -0.401. The fraction of sp³-hybridized carbons (Fsp3) is 0.208. The summed E-state index contributed by atoms with van der Waals surface area (Å²) in [5, 5.41) is 1.27. The van der Waals surface area contributed by atoms with Crippen LogP contribution in [0.25, 0.3) is 10.9 Å². The Morgan fingerprint density at radius 3 is 2.58 bits per heavy atom. The van der Waals surface area contributed by atoms with E-state index in [4.69, 9.17) is 0 Å². The van der Waals surface area contributed by atoms with Crippen LogP contribution >= 0.6 is 0 Å². The van der Waals surface area contributed by atoms with Gasteiger partial charge in [-0.2, -0.15) is 4.58 Å². The molecule has 0 fully saturated rings.